The third-order valence-corrected chi connectivity index (χ3v) is 3.43. The Morgan fingerprint density at radius 2 is 2.05 bits per heavy atom. The molecule has 1 fully saturated rings. The number of nitrogens with zero attached hydrogens (tertiary/aromatic N) is 1. The van der Waals surface area contributed by atoms with E-state index >= 15 is 0 Å². The molecule has 1 saturated heterocycles. The number of amides is 2. The summed E-state index contributed by atoms with van der Waals surface area (Å²) in [5.74, 6) is 0.0683. The average Bonchev–Trinajstić information content (AvgIpc) is 2.41. The maximum absolute atomic E-state index is 12.2. The minimum Gasteiger partial charge on any atom is -0.386 e. The Labute approximate surface area is 113 Å². The predicted octanol–water partition coefficient (Wildman–Crippen LogP) is 2.32. The van der Waals surface area contributed by atoms with Crippen LogP contribution in [0.25, 0.3) is 0 Å². The normalized spacial score (nSPS) is 19.0. The lowest BCUT2D eigenvalue weighted by Gasteiger charge is -2.34. The van der Waals surface area contributed by atoms with Gasteiger partial charge in [0.05, 0.1) is 6.04 Å². The van der Waals surface area contributed by atoms with Gasteiger partial charge in [0.15, 0.2) is 0 Å². The minimum atomic E-state index is -0.265. The molecule has 1 unspecified atom stereocenters. The molecule has 0 spiro atoms. The number of nitrogens with one attached hydrogen (secondary N) is 2. The summed E-state index contributed by atoms with van der Waals surface area (Å²) in [7, 11) is 0. The number of hydrogen-bond acceptors (Lipinski definition) is 2. The van der Waals surface area contributed by atoms with Gasteiger partial charge >= 0.3 is 6.03 Å². The van der Waals surface area contributed by atoms with Crippen LogP contribution in [-0.2, 0) is 0 Å². The zero-order valence-electron chi connectivity index (χ0n) is 11.1. The maximum atomic E-state index is 12.2. The molecule has 1 aromatic carbocycles. The first kappa shape index (κ1) is 13.4. The molecule has 5 heteroatoms. The summed E-state index contributed by atoms with van der Waals surface area (Å²) in [6.45, 7) is 2.66. The van der Waals surface area contributed by atoms with E-state index < -0.39 is 0 Å². The molecule has 2 rings (SSSR count). The summed E-state index contributed by atoms with van der Waals surface area (Å²) in [5.41, 5.74) is 7.49. The van der Waals surface area contributed by atoms with Gasteiger partial charge in [-0.15, -0.1) is 0 Å². The largest absolute Gasteiger partial charge is 0.386 e. The number of urea groups is 1. The molecule has 0 saturated carbocycles. The topological polar surface area (TPSA) is 82.2 Å². The first-order valence-corrected chi connectivity index (χ1v) is 6.56. The lowest BCUT2D eigenvalue weighted by Crippen LogP contribution is -2.51. The Bertz CT molecular complexity index is 469. The van der Waals surface area contributed by atoms with Crippen molar-refractivity contribution in [3.63, 3.8) is 0 Å². The molecule has 0 aliphatic carbocycles. The van der Waals surface area contributed by atoms with Crippen molar-refractivity contribution in [2.45, 2.75) is 32.2 Å². The fourth-order valence-corrected chi connectivity index (χ4v) is 2.33. The Kier molecular flexibility index (Phi) is 4.04. The van der Waals surface area contributed by atoms with Crippen molar-refractivity contribution in [2.24, 2.45) is 5.73 Å². The van der Waals surface area contributed by atoms with Gasteiger partial charge < -0.3 is 16.0 Å². The van der Waals surface area contributed by atoms with E-state index in [0.717, 1.165) is 30.5 Å². The highest BCUT2D eigenvalue weighted by molar-refractivity contribution is 5.94. The average molecular weight is 260 g/mol. The fraction of sp³-hybridized carbons (Fsp3) is 0.429. The van der Waals surface area contributed by atoms with Gasteiger partial charge in [0.25, 0.3) is 0 Å². The van der Waals surface area contributed by atoms with Crippen molar-refractivity contribution in [1.82, 2.24) is 4.90 Å². The number of benzene rings is 1. The number of likely N-dealkylation sites (tertiary alicyclic amines) is 1. The van der Waals surface area contributed by atoms with Crippen LogP contribution in [0.15, 0.2) is 24.3 Å². The number of aryl methyl sites for hydroxylation is 1. The molecule has 1 aromatic rings. The van der Waals surface area contributed by atoms with E-state index in [1.54, 1.807) is 4.90 Å². The molecular formula is C14H20N4O. The monoisotopic (exact) mass is 260 g/mol. The second-order valence-corrected chi connectivity index (χ2v) is 4.96. The molecule has 4 N–H and O–H groups in total. The van der Waals surface area contributed by atoms with Gasteiger partial charge in [-0.1, -0.05) is 17.7 Å². The van der Waals surface area contributed by atoms with Crippen LogP contribution in [0.2, 0.25) is 0 Å². The maximum Gasteiger partial charge on any atom is 0.322 e. The first-order valence-electron chi connectivity index (χ1n) is 6.56. The minimum absolute atomic E-state index is 0.0683. The van der Waals surface area contributed by atoms with Gasteiger partial charge in [-0.05, 0) is 38.3 Å². The molecule has 102 valence electrons. The highest BCUT2D eigenvalue weighted by Crippen LogP contribution is 2.18. The third-order valence-electron chi connectivity index (χ3n) is 3.43. The number of carbonyl (C=O) groups excluding carboxylic acids is 1. The zero-order valence-corrected chi connectivity index (χ0v) is 11.1. The van der Waals surface area contributed by atoms with E-state index in [1.807, 2.05) is 31.2 Å². The Morgan fingerprint density at radius 1 is 1.37 bits per heavy atom. The standard InChI is InChI=1S/C14H20N4O/c1-10-5-7-11(8-6-10)17-14(19)18-9-3-2-4-12(18)13(15)16/h5-8,12H,2-4,9H2,1H3,(H3,15,16)(H,17,19). The number of piperidine rings is 1. The van der Waals surface area contributed by atoms with Crippen molar-refractivity contribution >= 4 is 17.6 Å². The van der Waals surface area contributed by atoms with Crippen molar-refractivity contribution in [2.75, 3.05) is 11.9 Å². The van der Waals surface area contributed by atoms with Gasteiger partial charge in [0.1, 0.15) is 5.84 Å². The van der Waals surface area contributed by atoms with Gasteiger partial charge in [0, 0.05) is 12.2 Å². The third kappa shape index (κ3) is 3.24. The van der Waals surface area contributed by atoms with E-state index in [-0.39, 0.29) is 17.9 Å². The Balaban J connectivity index is 2.05. The number of anilines is 1. The molecule has 19 heavy (non-hydrogen) atoms. The van der Waals surface area contributed by atoms with E-state index in [0.29, 0.717) is 6.54 Å². The number of nitrogens with two attached hydrogens (primary N) is 1. The smallest absolute Gasteiger partial charge is 0.322 e. The Morgan fingerprint density at radius 3 is 2.68 bits per heavy atom. The van der Waals surface area contributed by atoms with Crippen LogP contribution in [-0.4, -0.2) is 29.4 Å². The van der Waals surface area contributed by atoms with Crippen molar-refractivity contribution < 1.29 is 4.79 Å². The summed E-state index contributed by atoms with van der Waals surface area (Å²) in [6.07, 6.45) is 2.75. The fourth-order valence-electron chi connectivity index (χ4n) is 2.33. The number of carbonyl (C=O) groups is 1. The first-order chi connectivity index (χ1) is 9.08. The quantitative estimate of drug-likeness (QED) is 0.563. The predicted molar refractivity (Wildman–Crippen MR) is 76.5 cm³/mol. The van der Waals surface area contributed by atoms with Crippen molar-refractivity contribution in [3.8, 4) is 0 Å². The van der Waals surface area contributed by atoms with E-state index in [2.05, 4.69) is 5.32 Å². The Hall–Kier alpha value is -2.04. The zero-order chi connectivity index (χ0) is 13.8. The van der Waals surface area contributed by atoms with Gasteiger partial charge in [-0.25, -0.2) is 4.79 Å². The van der Waals surface area contributed by atoms with Gasteiger partial charge in [-0.3, -0.25) is 5.41 Å². The molecule has 1 aliphatic heterocycles. The summed E-state index contributed by atoms with van der Waals surface area (Å²) >= 11 is 0. The van der Waals surface area contributed by atoms with Crippen LogP contribution in [0, 0.1) is 12.3 Å². The lowest BCUT2D eigenvalue weighted by molar-refractivity contribution is 0.185. The molecule has 0 aromatic heterocycles. The van der Waals surface area contributed by atoms with Gasteiger partial charge in [-0.2, -0.15) is 0 Å². The van der Waals surface area contributed by atoms with Crippen LogP contribution in [0.5, 0.6) is 0 Å². The summed E-state index contributed by atoms with van der Waals surface area (Å²) in [4.78, 5) is 13.9. The molecule has 0 bridgehead atoms. The molecule has 2 amide bonds. The van der Waals surface area contributed by atoms with Crippen LogP contribution in [0.1, 0.15) is 24.8 Å². The van der Waals surface area contributed by atoms with E-state index in [4.69, 9.17) is 11.1 Å². The molecule has 1 atom stereocenters. The lowest BCUT2D eigenvalue weighted by atomic mass is 10.0. The SMILES string of the molecule is Cc1ccc(NC(=O)N2CCCCC2C(=N)N)cc1. The molecule has 1 aliphatic rings. The highest BCUT2D eigenvalue weighted by atomic mass is 16.2. The molecule has 0 radical (unpaired) electrons. The van der Waals surface area contributed by atoms with Crippen LogP contribution in [0.3, 0.4) is 0 Å². The summed E-state index contributed by atoms with van der Waals surface area (Å²) in [5, 5.41) is 10.4. The number of amidine groups is 1. The van der Waals surface area contributed by atoms with E-state index in [1.165, 1.54) is 0 Å². The number of hydrogen-bond donors (Lipinski definition) is 3. The van der Waals surface area contributed by atoms with Crippen molar-refractivity contribution in [1.29, 1.82) is 5.41 Å². The highest BCUT2D eigenvalue weighted by Gasteiger charge is 2.28. The molecular weight excluding hydrogens is 240 g/mol. The summed E-state index contributed by atoms with van der Waals surface area (Å²) in [6, 6.07) is 7.21. The molecule has 1 heterocycles. The second kappa shape index (κ2) is 5.73. The van der Waals surface area contributed by atoms with Crippen LogP contribution in [0.4, 0.5) is 10.5 Å². The summed E-state index contributed by atoms with van der Waals surface area (Å²) < 4.78 is 0. The number of rotatable bonds is 2. The van der Waals surface area contributed by atoms with Crippen molar-refractivity contribution in [3.05, 3.63) is 29.8 Å². The van der Waals surface area contributed by atoms with Gasteiger partial charge in [0.2, 0.25) is 0 Å². The van der Waals surface area contributed by atoms with Crippen LogP contribution >= 0.6 is 0 Å². The van der Waals surface area contributed by atoms with E-state index in [9.17, 15) is 4.79 Å². The second-order valence-electron chi connectivity index (χ2n) is 4.96. The van der Waals surface area contributed by atoms with Crippen LogP contribution < -0.4 is 11.1 Å². The molecule has 5 nitrogen and oxygen atoms in total.